The summed E-state index contributed by atoms with van der Waals surface area (Å²) < 4.78 is 47.6. The molecule has 0 radical (unpaired) electrons. The Morgan fingerprint density at radius 2 is 2.00 bits per heavy atom. The van der Waals surface area contributed by atoms with Crippen LogP contribution in [0.1, 0.15) is 18.1 Å². The summed E-state index contributed by atoms with van der Waals surface area (Å²) in [4.78, 5) is 11.3. The van der Waals surface area contributed by atoms with Crippen LogP contribution in [0.4, 0.5) is 13.2 Å². The van der Waals surface area contributed by atoms with E-state index < -0.39 is 17.7 Å². The van der Waals surface area contributed by atoms with Crippen molar-refractivity contribution in [2.75, 3.05) is 13.7 Å². The van der Waals surface area contributed by atoms with Crippen LogP contribution in [-0.4, -0.2) is 19.7 Å². The van der Waals surface area contributed by atoms with Crippen molar-refractivity contribution in [3.05, 3.63) is 29.3 Å². The predicted molar refractivity (Wildman–Crippen MR) is 58.3 cm³/mol. The smallest absolute Gasteiger partial charge is 0.419 e. The second kappa shape index (κ2) is 5.75. The predicted octanol–water partition coefficient (Wildman–Crippen LogP) is 2.82. The van der Waals surface area contributed by atoms with Gasteiger partial charge in [0.15, 0.2) is 0 Å². The Labute approximate surface area is 103 Å². The maximum atomic E-state index is 12.7. The third kappa shape index (κ3) is 3.38. The summed E-state index contributed by atoms with van der Waals surface area (Å²) >= 11 is 0. The first-order valence-corrected chi connectivity index (χ1v) is 5.28. The van der Waals surface area contributed by atoms with Gasteiger partial charge in [0.05, 0.1) is 25.7 Å². The van der Waals surface area contributed by atoms with Crippen LogP contribution < -0.4 is 4.74 Å². The maximum Gasteiger partial charge on any atom is 0.419 e. The Kier molecular flexibility index (Phi) is 4.58. The summed E-state index contributed by atoms with van der Waals surface area (Å²) in [6.07, 6.45) is -4.77. The lowest BCUT2D eigenvalue weighted by Crippen LogP contribution is -2.12. The average Bonchev–Trinajstić information content (AvgIpc) is 2.27. The molecule has 0 saturated carbocycles. The van der Waals surface area contributed by atoms with Crippen molar-refractivity contribution in [3.63, 3.8) is 0 Å². The number of benzene rings is 1. The van der Waals surface area contributed by atoms with E-state index in [1.54, 1.807) is 6.92 Å². The van der Waals surface area contributed by atoms with Crippen molar-refractivity contribution < 1.29 is 27.4 Å². The number of carbonyl (C=O) groups excluding carboxylic acids is 1. The first-order valence-electron chi connectivity index (χ1n) is 5.28. The molecule has 1 aromatic carbocycles. The zero-order valence-electron chi connectivity index (χ0n) is 10.0. The molecule has 0 spiro atoms. The quantitative estimate of drug-likeness (QED) is 0.783. The lowest BCUT2D eigenvalue weighted by molar-refractivity contribution is -0.143. The molecule has 0 heterocycles. The highest BCUT2D eigenvalue weighted by molar-refractivity contribution is 5.74. The van der Waals surface area contributed by atoms with Gasteiger partial charge >= 0.3 is 12.1 Å². The molecule has 0 aliphatic rings. The largest absolute Gasteiger partial charge is 0.496 e. The van der Waals surface area contributed by atoms with Gasteiger partial charge in [-0.1, -0.05) is 12.1 Å². The fourth-order valence-electron chi connectivity index (χ4n) is 1.56. The maximum absolute atomic E-state index is 12.7. The number of rotatable bonds is 4. The van der Waals surface area contributed by atoms with Crippen LogP contribution in [0, 0.1) is 0 Å². The molecule has 0 bridgehead atoms. The van der Waals surface area contributed by atoms with Gasteiger partial charge in [-0.05, 0) is 13.0 Å². The topological polar surface area (TPSA) is 35.5 Å². The molecule has 0 saturated heterocycles. The third-order valence-corrected chi connectivity index (χ3v) is 2.25. The van der Waals surface area contributed by atoms with Crippen LogP contribution in [0.5, 0.6) is 5.75 Å². The number of esters is 1. The first-order chi connectivity index (χ1) is 8.40. The van der Waals surface area contributed by atoms with Crippen molar-refractivity contribution in [2.45, 2.75) is 19.5 Å². The molecule has 0 amide bonds. The number of hydrogen-bond donors (Lipinski definition) is 0. The van der Waals surface area contributed by atoms with E-state index >= 15 is 0 Å². The van der Waals surface area contributed by atoms with Gasteiger partial charge in [-0.3, -0.25) is 4.79 Å². The van der Waals surface area contributed by atoms with Crippen LogP contribution in [-0.2, 0) is 22.1 Å². The first kappa shape index (κ1) is 14.3. The molecule has 3 nitrogen and oxygen atoms in total. The van der Waals surface area contributed by atoms with Crippen LogP contribution in [0.25, 0.3) is 0 Å². The molecular formula is C12H13F3O3. The van der Waals surface area contributed by atoms with Crippen molar-refractivity contribution >= 4 is 5.97 Å². The van der Waals surface area contributed by atoms with Gasteiger partial charge in [0, 0.05) is 5.56 Å². The number of carbonyl (C=O) groups is 1. The van der Waals surface area contributed by atoms with Gasteiger partial charge in [-0.25, -0.2) is 0 Å². The summed E-state index contributed by atoms with van der Waals surface area (Å²) in [7, 11) is 1.14. The molecule has 1 aromatic rings. The molecule has 100 valence electrons. The minimum absolute atomic E-state index is 0.158. The van der Waals surface area contributed by atoms with Crippen molar-refractivity contribution in [2.24, 2.45) is 0 Å². The minimum atomic E-state index is -4.52. The summed E-state index contributed by atoms with van der Waals surface area (Å²) in [6.45, 7) is 1.81. The fraction of sp³-hybridized carbons (Fsp3) is 0.417. The van der Waals surface area contributed by atoms with Crippen LogP contribution in [0.2, 0.25) is 0 Å². The zero-order valence-corrected chi connectivity index (χ0v) is 10.0. The van der Waals surface area contributed by atoms with E-state index in [1.807, 2.05) is 0 Å². The highest BCUT2D eigenvalue weighted by atomic mass is 19.4. The molecule has 0 fully saturated rings. The van der Waals surface area contributed by atoms with Crippen molar-refractivity contribution in [1.29, 1.82) is 0 Å². The van der Waals surface area contributed by atoms with E-state index in [-0.39, 0.29) is 24.3 Å². The summed E-state index contributed by atoms with van der Waals surface area (Å²) in [5.74, 6) is -0.923. The molecule has 0 unspecified atom stereocenters. The van der Waals surface area contributed by atoms with E-state index in [0.29, 0.717) is 0 Å². The van der Waals surface area contributed by atoms with E-state index in [1.165, 1.54) is 12.1 Å². The second-order valence-corrected chi connectivity index (χ2v) is 3.48. The van der Waals surface area contributed by atoms with Gasteiger partial charge in [-0.15, -0.1) is 0 Å². The van der Waals surface area contributed by atoms with Crippen molar-refractivity contribution in [1.82, 2.24) is 0 Å². The summed E-state index contributed by atoms with van der Waals surface area (Å²) in [5, 5.41) is 0. The molecule has 6 heteroatoms. The molecule has 0 aliphatic heterocycles. The van der Waals surface area contributed by atoms with E-state index in [2.05, 4.69) is 0 Å². The van der Waals surface area contributed by atoms with Crippen LogP contribution in [0.15, 0.2) is 18.2 Å². The van der Waals surface area contributed by atoms with Crippen LogP contribution in [0.3, 0.4) is 0 Å². The number of hydrogen-bond acceptors (Lipinski definition) is 3. The molecule has 0 N–H and O–H groups in total. The average molecular weight is 262 g/mol. The number of halogens is 3. The van der Waals surface area contributed by atoms with Gasteiger partial charge in [0.2, 0.25) is 0 Å². The Hall–Kier alpha value is -1.72. The van der Waals surface area contributed by atoms with E-state index in [9.17, 15) is 18.0 Å². The number of alkyl halides is 3. The Bertz CT molecular complexity index is 427. The van der Waals surface area contributed by atoms with E-state index in [4.69, 9.17) is 9.47 Å². The third-order valence-electron chi connectivity index (χ3n) is 2.25. The molecular weight excluding hydrogens is 249 g/mol. The fourth-order valence-corrected chi connectivity index (χ4v) is 1.56. The van der Waals surface area contributed by atoms with E-state index in [0.717, 1.165) is 13.2 Å². The highest BCUT2D eigenvalue weighted by Gasteiger charge is 2.35. The lowest BCUT2D eigenvalue weighted by atomic mass is 10.1. The van der Waals surface area contributed by atoms with Crippen LogP contribution >= 0.6 is 0 Å². The Balaban J connectivity index is 3.09. The standard InChI is InChI=1S/C12H13F3O3/c1-3-18-10(16)7-8-5-4-6-9(11(8)17-2)12(13,14)15/h4-6H,3,7H2,1-2H3. The second-order valence-electron chi connectivity index (χ2n) is 3.48. The number of methoxy groups -OCH3 is 1. The number of para-hydroxylation sites is 1. The van der Waals surface area contributed by atoms with Gasteiger partial charge in [0.25, 0.3) is 0 Å². The lowest BCUT2D eigenvalue weighted by Gasteiger charge is -2.15. The molecule has 1 rings (SSSR count). The zero-order chi connectivity index (χ0) is 13.8. The van der Waals surface area contributed by atoms with Gasteiger partial charge < -0.3 is 9.47 Å². The Morgan fingerprint density at radius 3 is 2.50 bits per heavy atom. The highest BCUT2D eigenvalue weighted by Crippen LogP contribution is 2.38. The Morgan fingerprint density at radius 1 is 1.33 bits per heavy atom. The van der Waals surface area contributed by atoms with Gasteiger partial charge in [-0.2, -0.15) is 13.2 Å². The van der Waals surface area contributed by atoms with Gasteiger partial charge in [0.1, 0.15) is 5.75 Å². The SMILES string of the molecule is CCOC(=O)Cc1cccc(C(F)(F)F)c1OC. The molecule has 0 aromatic heterocycles. The number of ether oxygens (including phenoxy) is 2. The summed E-state index contributed by atoms with van der Waals surface area (Å²) in [5.41, 5.74) is -0.738. The van der Waals surface area contributed by atoms with Crippen molar-refractivity contribution in [3.8, 4) is 5.75 Å². The molecule has 18 heavy (non-hydrogen) atoms. The summed E-state index contributed by atoms with van der Waals surface area (Å²) in [6, 6.07) is 3.55. The normalized spacial score (nSPS) is 11.2. The molecule has 0 aliphatic carbocycles. The monoisotopic (exact) mass is 262 g/mol. The minimum Gasteiger partial charge on any atom is -0.496 e. The molecule has 0 atom stereocenters.